The maximum Gasteiger partial charge on any atom is 0.274 e. The SMILES string of the molecule is Cc1noc(C)c1S(=O)(=O)N1CCN(C(=O)c2ccc(=O)[nH]n2)CC1. The monoisotopic (exact) mass is 367 g/mol. The summed E-state index contributed by atoms with van der Waals surface area (Å²) in [5, 5.41) is 9.60. The highest BCUT2D eigenvalue weighted by atomic mass is 32.2. The molecule has 2 aromatic heterocycles. The molecule has 25 heavy (non-hydrogen) atoms. The number of aryl methyl sites for hydroxylation is 2. The molecule has 11 heteroatoms. The largest absolute Gasteiger partial charge is 0.360 e. The van der Waals surface area contributed by atoms with Crippen LogP contribution in [0.1, 0.15) is 21.9 Å². The number of amides is 1. The zero-order valence-electron chi connectivity index (χ0n) is 13.7. The van der Waals surface area contributed by atoms with Gasteiger partial charge in [0.05, 0.1) is 0 Å². The van der Waals surface area contributed by atoms with Crippen LogP contribution in [0.3, 0.4) is 0 Å². The number of sulfonamides is 1. The topological polar surface area (TPSA) is 129 Å². The highest BCUT2D eigenvalue weighted by Gasteiger charge is 2.34. The molecule has 0 aromatic carbocycles. The van der Waals surface area contributed by atoms with Crippen LogP contribution in [0.2, 0.25) is 0 Å². The Balaban J connectivity index is 1.72. The predicted molar refractivity (Wildman–Crippen MR) is 85.5 cm³/mol. The summed E-state index contributed by atoms with van der Waals surface area (Å²) in [6.45, 7) is 3.88. The normalized spacial score (nSPS) is 16.2. The van der Waals surface area contributed by atoms with Crippen molar-refractivity contribution in [3.63, 3.8) is 0 Å². The van der Waals surface area contributed by atoms with Gasteiger partial charge in [-0.2, -0.15) is 9.40 Å². The van der Waals surface area contributed by atoms with Gasteiger partial charge in [-0.1, -0.05) is 5.16 Å². The number of hydrogen-bond donors (Lipinski definition) is 1. The van der Waals surface area contributed by atoms with E-state index >= 15 is 0 Å². The second-order valence-corrected chi connectivity index (χ2v) is 7.53. The van der Waals surface area contributed by atoms with Crippen molar-refractivity contribution in [3.8, 4) is 0 Å². The summed E-state index contributed by atoms with van der Waals surface area (Å²) in [6.07, 6.45) is 0. The molecule has 1 fully saturated rings. The molecular formula is C14H17N5O5S. The van der Waals surface area contributed by atoms with Gasteiger partial charge in [-0.25, -0.2) is 13.5 Å². The van der Waals surface area contributed by atoms with Gasteiger partial charge in [0, 0.05) is 32.2 Å². The molecule has 134 valence electrons. The lowest BCUT2D eigenvalue weighted by molar-refractivity contribution is 0.0690. The first-order chi connectivity index (χ1) is 11.8. The Labute approximate surface area is 143 Å². The van der Waals surface area contributed by atoms with Crippen molar-refractivity contribution in [1.29, 1.82) is 0 Å². The fourth-order valence-electron chi connectivity index (χ4n) is 2.73. The van der Waals surface area contributed by atoms with Crippen molar-refractivity contribution in [2.24, 2.45) is 0 Å². The molecule has 0 saturated carbocycles. The van der Waals surface area contributed by atoms with E-state index in [0.29, 0.717) is 5.69 Å². The maximum absolute atomic E-state index is 12.7. The summed E-state index contributed by atoms with van der Waals surface area (Å²) in [6, 6.07) is 2.56. The van der Waals surface area contributed by atoms with E-state index in [4.69, 9.17) is 4.52 Å². The van der Waals surface area contributed by atoms with Crippen LogP contribution in [0.15, 0.2) is 26.3 Å². The molecule has 1 N–H and O–H groups in total. The first-order valence-electron chi connectivity index (χ1n) is 7.59. The van der Waals surface area contributed by atoms with Crippen molar-refractivity contribution in [1.82, 2.24) is 24.6 Å². The maximum atomic E-state index is 12.7. The molecule has 0 bridgehead atoms. The third-order valence-corrected chi connectivity index (χ3v) is 6.13. The lowest BCUT2D eigenvalue weighted by atomic mass is 10.3. The van der Waals surface area contributed by atoms with Gasteiger partial charge in [-0.15, -0.1) is 0 Å². The van der Waals surface area contributed by atoms with E-state index in [1.165, 1.54) is 21.3 Å². The Bertz CT molecular complexity index is 916. The number of rotatable bonds is 3. The number of H-pyrrole nitrogens is 1. The van der Waals surface area contributed by atoms with Gasteiger partial charge in [0.2, 0.25) is 10.0 Å². The Morgan fingerprint density at radius 2 is 1.88 bits per heavy atom. The minimum atomic E-state index is -3.72. The van der Waals surface area contributed by atoms with Crippen LogP contribution in [-0.4, -0.2) is 65.1 Å². The Morgan fingerprint density at radius 1 is 1.20 bits per heavy atom. The number of nitrogens with zero attached hydrogens (tertiary/aromatic N) is 4. The summed E-state index contributed by atoms with van der Waals surface area (Å²) in [7, 11) is -3.72. The summed E-state index contributed by atoms with van der Waals surface area (Å²) in [5.41, 5.74) is 0.0296. The molecule has 3 rings (SSSR count). The fourth-order valence-corrected chi connectivity index (χ4v) is 4.44. The van der Waals surface area contributed by atoms with E-state index in [1.54, 1.807) is 13.8 Å². The molecule has 0 radical (unpaired) electrons. The molecule has 0 spiro atoms. The molecule has 1 aliphatic rings. The minimum absolute atomic E-state index is 0.0783. The van der Waals surface area contributed by atoms with Gasteiger partial charge in [-0.3, -0.25) is 9.59 Å². The molecular weight excluding hydrogens is 350 g/mol. The molecule has 2 aromatic rings. The number of carbonyl (C=O) groups excluding carboxylic acids is 1. The van der Waals surface area contributed by atoms with Crippen LogP contribution >= 0.6 is 0 Å². The van der Waals surface area contributed by atoms with Crippen LogP contribution in [0.25, 0.3) is 0 Å². The number of hydrogen-bond acceptors (Lipinski definition) is 7. The summed E-state index contributed by atoms with van der Waals surface area (Å²) in [5.74, 6) is -0.112. The summed E-state index contributed by atoms with van der Waals surface area (Å²) >= 11 is 0. The number of nitrogens with one attached hydrogen (secondary N) is 1. The number of aromatic amines is 1. The van der Waals surface area contributed by atoms with Gasteiger partial charge < -0.3 is 9.42 Å². The standard InChI is InChI=1S/C14H17N5O5S/c1-9-13(10(2)24-17-9)25(22,23)19-7-5-18(6-8-19)14(21)11-3-4-12(20)16-15-11/h3-4H,5-8H2,1-2H3,(H,16,20). The number of aromatic nitrogens is 3. The van der Waals surface area contributed by atoms with E-state index in [2.05, 4.69) is 15.4 Å². The lowest BCUT2D eigenvalue weighted by Crippen LogP contribution is -2.50. The Kier molecular flexibility index (Phi) is 4.43. The van der Waals surface area contributed by atoms with E-state index < -0.39 is 15.6 Å². The first-order valence-corrected chi connectivity index (χ1v) is 9.03. The average Bonchev–Trinajstić information content (AvgIpc) is 2.94. The van der Waals surface area contributed by atoms with Crippen molar-refractivity contribution in [2.45, 2.75) is 18.7 Å². The fraction of sp³-hybridized carbons (Fsp3) is 0.429. The van der Waals surface area contributed by atoms with Crippen LogP contribution in [0.5, 0.6) is 0 Å². The zero-order valence-corrected chi connectivity index (χ0v) is 14.5. The highest BCUT2D eigenvalue weighted by molar-refractivity contribution is 7.89. The van der Waals surface area contributed by atoms with E-state index in [0.717, 1.165) is 0 Å². The van der Waals surface area contributed by atoms with Crippen molar-refractivity contribution in [2.75, 3.05) is 26.2 Å². The Hall–Kier alpha value is -2.53. The quantitative estimate of drug-likeness (QED) is 0.775. The third-order valence-electron chi connectivity index (χ3n) is 3.99. The number of carbonyl (C=O) groups is 1. The molecule has 1 aliphatic heterocycles. The molecule has 3 heterocycles. The van der Waals surface area contributed by atoms with E-state index in [-0.39, 0.29) is 48.4 Å². The molecule has 1 amide bonds. The van der Waals surface area contributed by atoms with Gasteiger partial charge in [0.25, 0.3) is 11.5 Å². The smallest absolute Gasteiger partial charge is 0.274 e. The third kappa shape index (κ3) is 3.20. The summed E-state index contributed by atoms with van der Waals surface area (Å²) in [4.78, 5) is 24.9. The second-order valence-electron chi connectivity index (χ2n) is 5.66. The van der Waals surface area contributed by atoms with Crippen LogP contribution in [-0.2, 0) is 10.0 Å². The predicted octanol–water partition coefficient (Wildman–Crippen LogP) is -0.479. The summed E-state index contributed by atoms with van der Waals surface area (Å²) < 4.78 is 31.7. The molecule has 0 aliphatic carbocycles. The minimum Gasteiger partial charge on any atom is -0.360 e. The van der Waals surface area contributed by atoms with Gasteiger partial charge >= 0.3 is 0 Å². The molecule has 0 atom stereocenters. The van der Waals surface area contributed by atoms with Crippen LogP contribution in [0.4, 0.5) is 0 Å². The second kappa shape index (κ2) is 6.41. The first kappa shape index (κ1) is 17.3. The average molecular weight is 367 g/mol. The molecule has 0 unspecified atom stereocenters. The van der Waals surface area contributed by atoms with Gasteiger partial charge in [0.15, 0.2) is 5.76 Å². The van der Waals surface area contributed by atoms with Gasteiger partial charge in [-0.05, 0) is 19.9 Å². The molecule has 1 saturated heterocycles. The number of piperazine rings is 1. The molecule has 10 nitrogen and oxygen atoms in total. The van der Waals surface area contributed by atoms with Gasteiger partial charge in [0.1, 0.15) is 16.3 Å². The Morgan fingerprint density at radius 3 is 2.40 bits per heavy atom. The zero-order chi connectivity index (χ0) is 18.2. The van der Waals surface area contributed by atoms with Crippen LogP contribution in [0, 0.1) is 13.8 Å². The lowest BCUT2D eigenvalue weighted by Gasteiger charge is -2.33. The van der Waals surface area contributed by atoms with E-state index in [9.17, 15) is 18.0 Å². The van der Waals surface area contributed by atoms with E-state index in [1.807, 2.05) is 0 Å². The van der Waals surface area contributed by atoms with Crippen molar-refractivity contribution < 1.29 is 17.7 Å². The van der Waals surface area contributed by atoms with Crippen molar-refractivity contribution >= 4 is 15.9 Å². The van der Waals surface area contributed by atoms with Crippen LogP contribution < -0.4 is 5.56 Å². The highest BCUT2D eigenvalue weighted by Crippen LogP contribution is 2.24. The van der Waals surface area contributed by atoms with Crippen molar-refractivity contribution in [3.05, 3.63) is 39.6 Å².